The van der Waals surface area contributed by atoms with Gasteiger partial charge in [-0.3, -0.25) is 0 Å². The van der Waals surface area contributed by atoms with Crippen molar-refractivity contribution in [3.8, 4) is 0 Å². The Kier molecular flexibility index (Phi) is 4.35. The number of aliphatic hydroxyl groups is 3. The predicted molar refractivity (Wildman–Crippen MR) is 106 cm³/mol. The third-order valence-corrected chi connectivity index (χ3v) is 4.80. The maximum atomic E-state index is 10.5. The maximum absolute atomic E-state index is 10.5. The molecule has 0 bridgehead atoms. The average Bonchev–Trinajstić information content (AvgIpc) is 3.16. The molecule has 1 aromatic carbocycles. The number of pyridine rings is 1. The molecule has 27 heavy (non-hydrogen) atoms. The third kappa shape index (κ3) is 3.06. The highest BCUT2D eigenvalue weighted by molar-refractivity contribution is 5.99. The summed E-state index contributed by atoms with van der Waals surface area (Å²) in [5.74, 6) is 0. The summed E-state index contributed by atoms with van der Waals surface area (Å²) < 4.78 is 0. The molecule has 7 nitrogen and oxygen atoms in total. The second-order valence-corrected chi connectivity index (χ2v) is 6.69. The smallest absolute Gasteiger partial charge is 0.151 e. The molecule has 4 rings (SSSR count). The molecule has 0 saturated heterocycles. The van der Waals surface area contributed by atoms with Gasteiger partial charge in [0.25, 0.3) is 0 Å². The van der Waals surface area contributed by atoms with Crippen LogP contribution in [-0.4, -0.2) is 44.0 Å². The number of hydrogen-bond acceptors (Lipinski definition) is 6. The van der Waals surface area contributed by atoms with E-state index in [4.69, 9.17) is 0 Å². The predicted octanol–water partition coefficient (Wildman–Crippen LogP) is 2.33. The zero-order valence-electron chi connectivity index (χ0n) is 15.1. The molecule has 0 saturated carbocycles. The van der Waals surface area contributed by atoms with Gasteiger partial charge in [-0.15, -0.1) is 0 Å². The second kappa shape index (κ2) is 6.70. The minimum Gasteiger partial charge on any atom is -0.374 e. The van der Waals surface area contributed by atoms with E-state index in [2.05, 4.69) is 15.3 Å². The standard InChI is InChI=1S/C20H22N4O3/c1-11(25)24(12(2)26)14-5-6-18-16(9-14)17(20(27)23-18)8-13-10-22-19-15(13)4-3-7-21-19/h3-12,20,23,25-27H,1-2H3,(H,21,22). The van der Waals surface area contributed by atoms with Gasteiger partial charge in [0.15, 0.2) is 6.23 Å². The summed E-state index contributed by atoms with van der Waals surface area (Å²) in [4.78, 5) is 8.92. The summed E-state index contributed by atoms with van der Waals surface area (Å²) >= 11 is 0. The fraction of sp³-hybridized carbons (Fsp3) is 0.250. The highest BCUT2D eigenvalue weighted by atomic mass is 16.3. The molecule has 3 unspecified atom stereocenters. The van der Waals surface area contributed by atoms with Crippen LogP contribution < -0.4 is 10.2 Å². The SMILES string of the molecule is CC(O)N(c1ccc2c(c1)C(=Cc1c[nH]c3ncccc13)C(O)N2)C(C)O. The topological polar surface area (TPSA) is 105 Å². The highest BCUT2D eigenvalue weighted by Crippen LogP contribution is 2.39. The van der Waals surface area contributed by atoms with Gasteiger partial charge in [0.2, 0.25) is 0 Å². The summed E-state index contributed by atoms with van der Waals surface area (Å²) in [6, 6.07) is 9.34. The van der Waals surface area contributed by atoms with Crippen LogP contribution in [0.2, 0.25) is 0 Å². The first-order valence-electron chi connectivity index (χ1n) is 8.83. The van der Waals surface area contributed by atoms with Crippen LogP contribution >= 0.6 is 0 Å². The van der Waals surface area contributed by atoms with Crippen molar-refractivity contribution in [2.75, 3.05) is 10.2 Å². The zero-order valence-corrected chi connectivity index (χ0v) is 15.1. The molecular formula is C20H22N4O3. The number of nitrogens with one attached hydrogen (secondary N) is 2. The summed E-state index contributed by atoms with van der Waals surface area (Å²) in [5.41, 5.74) is 4.72. The van der Waals surface area contributed by atoms with Gasteiger partial charge < -0.3 is 30.5 Å². The van der Waals surface area contributed by atoms with Crippen molar-refractivity contribution in [2.45, 2.75) is 32.5 Å². The molecule has 140 valence electrons. The number of aliphatic hydroxyl groups excluding tert-OH is 3. The summed E-state index contributed by atoms with van der Waals surface area (Å²) in [5, 5.41) is 34.5. The molecule has 0 fully saturated rings. The van der Waals surface area contributed by atoms with Crippen LogP contribution in [-0.2, 0) is 0 Å². The van der Waals surface area contributed by atoms with E-state index in [1.54, 1.807) is 26.1 Å². The fourth-order valence-corrected chi connectivity index (χ4v) is 3.59. The Balaban J connectivity index is 1.80. The van der Waals surface area contributed by atoms with E-state index in [1.807, 2.05) is 36.5 Å². The molecule has 0 amide bonds. The van der Waals surface area contributed by atoms with Crippen molar-refractivity contribution < 1.29 is 15.3 Å². The minimum atomic E-state index is -0.852. The molecule has 1 aliphatic heterocycles. The first-order chi connectivity index (χ1) is 13.0. The van der Waals surface area contributed by atoms with E-state index in [-0.39, 0.29) is 0 Å². The van der Waals surface area contributed by atoms with E-state index in [0.29, 0.717) is 11.3 Å². The Bertz CT molecular complexity index is 1000. The van der Waals surface area contributed by atoms with Crippen LogP contribution in [0.3, 0.4) is 0 Å². The lowest BCUT2D eigenvalue weighted by molar-refractivity contribution is 0.105. The second-order valence-electron chi connectivity index (χ2n) is 6.69. The first kappa shape index (κ1) is 17.5. The van der Waals surface area contributed by atoms with Gasteiger partial charge in [-0.25, -0.2) is 4.98 Å². The number of hydrogen-bond donors (Lipinski definition) is 5. The van der Waals surface area contributed by atoms with Crippen molar-refractivity contribution in [1.82, 2.24) is 9.97 Å². The van der Waals surface area contributed by atoms with E-state index in [1.165, 1.54) is 4.90 Å². The van der Waals surface area contributed by atoms with Crippen molar-refractivity contribution >= 4 is 34.1 Å². The Labute approximate surface area is 156 Å². The Hall–Kier alpha value is -2.87. The monoisotopic (exact) mass is 366 g/mol. The number of benzene rings is 1. The number of fused-ring (bicyclic) bond motifs is 2. The Morgan fingerprint density at radius 3 is 2.70 bits per heavy atom. The number of anilines is 2. The van der Waals surface area contributed by atoms with Gasteiger partial charge in [0, 0.05) is 45.9 Å². The van der Waals surface area contributed by atoms with Crippen LogP contribution in [0.4, 0.5) is 11.4 Å². The lowest BCUT2D eigenvalue weighted by Crippen LogP contribution is -2.40. The third-order valence-electron chi connectivity index (χ3n) is 4.80. The van der Waals surface area contributed by atoms with E-state index in [0.717, 1.165) is 27.8 Å². The quantitative estimate of drug-likeness (QED) is 0.454. The normalized spacial score (nSPS) is 19.7. The number of nitrogens with zero attached hydrogens (tertiary/aromatic N) is 2. The van der Waals surface area contributed by atoms with Gasteiger partial charge >= 0.3 is 0 Å². The van der Waals surface area contributed by atoms with Crippen LogP contribution in [0, 0.1) is 0 Å². The molecule has 3 heterocycles. The molecule has 0 aliphatic carbocycles. The Morgan fingerprint density at radius 1 is 1.19 bits per heavy atom. The van der Waals surface area contributed by atoms with Gasteiger partial charge in [-0.1, -0.05) is 0 Å². The Morgan fingerprint density at radius 2 is 1.96 bits per heavy atom. The largest absolute Gasteiger partial charge is 0.374 e. The fourth-order valence-electron chi connectivity index (χ4n) is 3.59. The van der Waals surface area contributed by atoms with Crippen molar-refractivity contribution in [2.24, 2.45) is 0 Å². The molecule has 7 heteroatoms. The summed E-state index contributed by atoms with van der Waals surface area (Å²) in [6.45, 7) is 3.20. The number of rotatable bonds is 4. The molecular weight excluding hydrogens is 344 g/mol. The molecule has 0 radical (unpaired) electrons. The van der Waals surface area contributed by atoms with Gasteiger partial charge in [-0.05, 0) is 50.3 Å². The van der Waals surface area contributed by atoms with Crippen molar-refractivity contribution in [3.63, 3.8) is 0 Å². The van der Waals surface area contributed by atoms with Crippen molar-refractivity contribution in [1.29, 1.82) is 0 Å². The van der Waals surface area contributed by atoms with Crippen LogP contribution in [0.1, 0.15) is 25.0 Å². The van der Waals surface area contributed by atoms with Crippen molar-refractivity contribution in [3.05, 3.63) is 53.9 Å². The minimum absolute atomic E-state index is 0.668. The lowest BCUT2D eigenvalue weighted by Gasteiger charge is -2.30. The van der Waals surface area contributed by atoms with E-state index in [9.17, 15) is 15.3 Å². The number of aromatic amines is 1. The molecule has 0 spiro atoms. The average molecular weight is 366 g/mol. The van der Waals surface area contributed by atoms with Gasteiger partial charge in [0.05, 0.1) is 0 Å². The highest BCUT2D eigenvalue weighted by Gasteiger charge is 2.27. The summed E-state index contributed by atoms with van der Waals surface area (Å²) in [7, 11) is 0. The molecule has 5 N–H and O–H groups in total. The number of aromatic nitrogens is 2. The molecule has 1 aliphatic rings. The van der Waals surface area contributed by atoms with Crippen LogP contribution in [0.5, 0.6) is 0 Å². The van der Waals surface area contributed by atoms with Crippen LogP contribution in [0.25, 0.3) is 22.7 Å². The molecule has 2 aromatic heterocycles. The summed E-state index contributed by atoms with van der Waals surface area (Å²) in [6.07, 6.45) is 2.96. The molecule has 3 aromatic rings. The molecule has 3 atom stereocenters. The van der Waals surface area contributed by atoms with Crippen LogP contribution in [0.15, 0.2) is 42.7 Å². The van der Waals surface area contributed by atoms with Gasteiger partial charge in [0.1, 0.15) is 18.1 Å². The maximum Gasteiger partial charge on any atom is 0.151 e. The zero-order chi connectivity index (χ0) is 19.1. The first-order valence-corrected chi connectivity index (χ1v) is 8.83. The van der Waals surface area contributed by atoms with E-state index < -0.39 is 18.7 Å². The lowest BCUT2D eigenvalue weighted by atomic mass is 10.0. The number of H-pyrrole nitrogens is 1. The van der Waals surface area contributed by atoms with Gasteiger partial charge in [-0.2, -0.15) is 0 Å². The van der Waals surface area contributed by atoms with E-state index >= 15 is 0 Å².